The Kier molecular flexibility index (Phi) is 4.04. The summed E-state index contributed by atoms with van der Waals surface area (Å²) in [7, 11) is 0. The van der Waals surface area contributed by atoms with Crippen LogP contribution in [0.1, 0.15) is 0 Å². The largest absolute Gasteiger partial charge is 0.481 e. The van der Waals surface area contributed by atoms with Gasteiger partial charge in [0, 0.05) is 0 Å². The van der Waals surface area contributed by atoms with Crippen molar-refractivity contribution in [1.29, 1.82) is 0 Å². The molecule has 0 fully saturated rings. The minimum atomic E-state index is -0.576. The van der Waals surface area contributed by atoms with Crippen molar-refractivity contribution in [2.75, 3.05) is 6.61 Å². The van der Waals surface area contributed by atoms with E-state index in [0.717, 1.165) is 0 Å². The lowest BCUT2D eigenvalue weighted by molar-refractivity contribution is -0.119. The summed E-state index contributed by atoms with van der Waals surface area (Å²) in [5.41, 5.74) is 4.92. The van der Waals surface area contributed by atoms with Gasteiger partial charge in [0.1, 0.15) is 0 Å². The van der Waals surface area contributed by atoms with E-state index in [1.54, 1.807) is 12.1 Å². The fourth-order valence-corrected chi connectivity index (χ4v) is 1.72. The predicted octanol–water partition coefficient (Wildman–Crippen LogP) is 2.62. The van der Waals surface area contributed by atoms with Gasteiger partial charge >= 0.3 is 0 Å². The van der Waals surface area contributed by atoms with Crippen LogP contribution in [0.25, 0.3) is 0 Å². The minimum absolute atomic E-state index is 0.237. The van der Waals surface area contributed by atoms with Crippen LogP contribution in [0.5, 0.6) is 5.75 Å². The van der Waals surface area contributed by atoms with Gasteiger partial charge in [-0.25, -0.2) is 0 Å². The van der Waals surface area contributed by atoms with Crippen molar-refractivity contribution in [1.82, 2.24) is 0 Å². The summed E-state index contributed by atoms with van der Waals surface area (Å²) in [5.74, 6) is -0.258. The molecule has 6 heteroatoms. The van der Waals surface area contributed by atoms with Gasteiger partial charge in [0.25, 0.3) is 5.91 Å². The van der Waals surface area contributed by atoms with Gasteiger partial charge in [0.15, 0.2) is 12.4 Å². The third-order valence-corrected chi connectivity index (χ3v) is 2.99. The predicted molar refractivity (Wildman–Crippen MR) is 58.9 cm³/mol. The summed E-state index contributed by atoms with van der Waals surface area (Å²) in [6.07, 6.45) is 0. The number of rotatable bonds is 3. The first-order chi connectivity index (χ1) is 6.52. The molecule has 1 aromatic carbocycles. The number of hydrogen-bond donors (Lipinski definition) is 1. The summed E-state index contributed by atoms with van der Waals surface area (Å²) in [6.45, 7) is -0.237. The number of amides is 1. The maximum Gasteiger partial charge on any atom is 0.255 e. The van der Waals surface area contributed by atoms with Crippen LogP contribution in [0.3, 0.4) is 0 Å². The molecule has 0 saturated carbocycles. The van der Waals surface area contributed by atoms with Gasteiger partial charge in [-0.05, 0) is 28.1 Å². The first kappa shape index (κ1) is 11.6. The summed E-state index contributed by atoms with van der Waals surface area (Å²) in [5, 5.41) is 0.816. The lowest BCUT2D eigenvalue weighted by atomic mass is 10.3. The SMILES string of the molecule is NC(=O)COc1c(Cl)ccc(Cl)c1Br. The Bertz CT molecular complexity index is 371. The maximum absolute atomic E-state index is 10.5. The Morgan fingerprint density at radius 1 is 1.43 bits per heavy atom. The van der Waals surface area contributed by atoms with Crippen LogP contribution in [0.2, 0.25) is 10.0 Å². The summed E-state index contributed by atoms with van der Waals surface area (Å²) < 4.78 is 5.58. The Hall–Kier alpha value is -0.450. The van der Waals surface area contributed by atoms with E-state index < -0.39 is 5.91 Å². The van der Waals surface area contributed by atoms with Gasteiger partial charge in [-0.2, -0.15) is 0 Å². The lowest BCUT2D eigenvalue weighted by Crippen LogP contribution is -2.20. The zero-order valence-electron chi connectivity index (χ0n) is 6.89. The fourth-order valence-electron chi connectivity index (χ4n) is 0.784. The van der Waals surface area contributed by atoms with E-state index in [0.29, 0.717) is 20.3 Å². The minimum Gasteiger partial charge on any atom is -0.481 e. The number of nitrogens with two attached hydrogens (primary N) is 1. The van der Waals surface area contributed by atoms with Gasteiger partial charge in [0.2, 0.25) is 0 Å². The van der Waals surface area contributed by atoms with E-state index in [1.165, 1.54) is 0 Å². The van der Waals surface area contributed by atoms with Crippen LogP contribution in [0.15, 0.2) is 16.6 Å². The monoisotopic (exact) mass is 297 g/mol. The third kappa shape index (κ3) is 2.77. The van der Waals surface area contributed by atoms with Crippen molar-refractivity contribution in [2.45, 2.75) is 0 Å². The summed E-state index contributed by atoms with van der Waals surface area (Å²) >= 11 is 14.8. The highest BCUT2D eigenvalue weighted by atomic mass is 79.9. The molecule has 1 rings (SSSR count). The lowest BCUT2D eigenvalue weighted by Gasteiger charge is -2.08. The molecule has 0 spiro atoms. The van der Waals surface area contributed by atoms with Crippen LogP contribution in [0.4, 0.5) is 0 Å². The Labute approximate surface area is 99.3 Å². The quantitative estimate of drug-likeness (QED) is 0.872. The average Bonchev–Trinajstić information content (AvgIpc) is 2.11. The normalized spacial score (nSPS) is 9.93. The standard InChI is InChI=1S/C8H6BrCl2NO2/c9-7-4(10)1-2-5(11)8(7)14-3-6(12)13/h1-2H,3H2,(H2,12,13). The Balaban J connectivity index is 2.95. The van der Waals surface area contributed by atoms with Gasteiger partial charge in [0.05, 0.1) is 14.5 Å². The van der Waals surface area contributed by atoms with Crippen molar-refractivity contribution in [2.24, 2.45) is 5.73 Å². The number of primary amides is 1. The molecule has 0 unspecified atom stereocenters. The van der Waals surface area contributed by atoms with Crippen molar-refractivity contribution >= 4 is 45.0 Å². The second kappa shape index (κ2) is 4.87. The molecule has 0 aliphatic rings. The summed E-state index contributed by atoms with van der Waals surface area (Å²) in [4.78, 5) is 10.5. The highest BCUT2D eigenvalue weighted by Crippen LogP contribution is 2.38. The zero-order valence-corrected chi connectivity index (χ0v) is 9.99. The second-order valence-electron chi connectivity index (χ2n) is 2.43. The third-order valence-electron chi connectivity index (χ3n) is 1.36. The molecule has 2 N–H and O–H groups in total. The zero-order chi connectivity index (χ0) is 10.7. The van der Waals surface area contributed by atoms with Crippen molar-refractivity contribution in [3.8, 4) is 5.75 Å². The van der Waals surface area contributed by atoms with E-state index in [2.05, 4.69) is 15.9 Å². The molecule has 76 valence electrons. The maximum atomic E-state index is 10.5. The number of carbonyl (C=O) groups excluding carboxylic acids is 1. The number of hydrogen-bond acceptors (Lipinski definition) is 2. The van der Waals surface area contributed by atoms with E-state index in [1.807, 2.05) is 0 Å². The molecule has 0 aromatic heterocycles. The smallest absolute Gasteiger partial charge is 0.255 e. The molecule has 3 nitrogen and oxygen atoms in total. The van der Waals surface area contributed by atoms with Crippen molar-refractivity contribution < 1.29 is 9.53 Å². The van der Waals surface area contributed by atoms with Crippen LogP contribution in [0, 0.1) is 0 Å². The van der Waals surface area contributed by atoms with Gasteiger partial charge in [-0.15, -0.1) is 0 Å². The fraction of sp³-hybridized carbons (Fsp3) is 0.125. The number of carbonyl (C=O) groups is 1. The highest BCUT2D eigenvalue weighted by molar-refractivity contribution is 9.10. The summed E-state index contributed by atoms with van der Waals surface area (Å²) in [6, 6.07) is 3.19. The highest BCUT2D eigenvalue weighted by Gasteiger charge is 2.11. The van der Waals surface area contributed by atoms with Gasteiger partial charge in [-0.3, -0.25) is 4.79 Å². The van der Waals surface area contributed by atoms with E-state index in [4.69, 9.17) is 33.7 Å². The van der Waals surface area contributed by atoms with Gasteiger partial charge in [-0.1, -0.05) is 23.2 Å². The molecule has 0 heterocycles. The molecule has 0 bridgehead atoms. The number of benzene rings is 1. The topological polar surface area (TPSA) is 52.3 Å². The molecular formula is C8H6BrCl2NO2. The molecule has 14 heavy (non-hydrogen) atoms. The molecule has 0 aliphatic carbocycles. The van der Waals surface area contributed by atoms with Gasteiger partial charge < -0.3 is 10.5 Å². The first-order valence-electron chi connectivity index (χ1n) is 3.57. The Morgan fingerprint density at radius 3 is 2.57 bits per heavy atom. The second-order valence-corrected chi connectivity index (χ2v) is 4.03. The number of ether oxygens (including phenoxy) is 1. The van der Waals surface area contributed by atoms with Crippen molar-refractivity contribution in [3.63, 3.8) is 0 Å². The van der Waals surface area contributed by atoms with Crippen LogP contribution < -0.4 is 10.5 Å². The Morgan fingerprint density at radius 2 is 2.00 bits per heavy atom. The molecule has 0 radical (unpaired) electrons. The average molecular weight is 299 g/mol. The molecule has 0 aliphatic heterocycles. The van der Waals surface area contributed by atoms with Crippen LogP contribution >= 0.6 is 39.1 Å². The van der Waals surface area contributed by atoms with Crippen LogP contribution in [-0.4, -0.2) is 12.5 Å². The molecule has 0 atom stereocenters. The van der Waals surface area contributed by atoms with Crippen molar-refractivity contribution in [3.05, 3.63) is 26.7 Å². The molecule has 0 saturated heterocycles. The number of halogens is 3. The first-order valence-corrected chi connectivity index (χ1v) is 5.12. The molecule has 1 amide bonds. The van der Waals surface area contributed by atoms with Crippen LogP contribution in [-0.2, 0) is 4.79 Å². The molecule has 1 aromatic rings. The molecular weight excluding hydrogens is 293 g/mol. The van der Waals surface area contributed by atoms with E-state index in [9.17, 15) is 4.79 Å². The van der Waals surface area contributed by atoms with E-state index in [-0.39, 0.29) is 6.61 Å². The van der Waals surface area contributed by atoms with E-state index >= 15 is 0 Å².